The summed E-state index contributed by atoms with van der Waals surface area (Å²) in [6.45, 7) is 4.20. The highest BCUT2D eigenvalue weighted by Crippen LogP contribution is 2.23. The molecule has 1 rings (SSSR count). The molecule has 0 heterocycles. The number of rotatable bonds is 2. The first-order chi connectivity index (χ1) is 6.20. The van der Waals surface area contributed by atoms with Crippen LogP contribution < -0.4 is 0 Å². The van der Waals surface area contributed by atoms with Gasteiger partial charge in [-0.15, -0.1) is 0 Å². The molecule has 1 aliphatic rings. The van der Waals surface area contributed by atoms with Crippen LogP contribution in [0.2, 0.25) is 0 Å². The van der Waals surface area contributed by atoms with Crippen molar-refractivity contribution in [2.75, 3.05) is 0 Å². The second-order valence-corrected chi connectivity index (χ2v) is 4.28. The van der Waals surface area contributed by atoms with Gasteiger partial charge < -0.3 is 0 Å². The number of carbonyl (C=O) groups is 1. The maximum Gasteiger partial charge on any atom is 0.136 e. The lowest BCUT2D eigenvalue weighted by molar-refractivity contribution is -0.122. The maximum absolute atomic E-state index is 11.6. The Hall–Kier alpha value is -0.590. The van der Waals surface area contributed by atoms with E-state index in [2.05, 4.69) is 19.9 Å². The number of allylic oxidation sites excluding steroid dienone is 2. The van der Waals surface area contributed by atoms with Crippen molar-refractivity contribution in [3.63, 3.8) is 0 Å². The summed E-state index contributed by atoms with van der Waals surface area (Å²) in [5.74, 6) is 0.826. The van der Waals surface area contributed by atoms with E-state index in [4.69, 9.17) is 0 Å². The third-order valence-electron chi connectivity index (χ3n) is 2.74. The Kier molecular flexibility index (Phi) is 4.20. The molecule has 1 aliphatic carbocycles. The molecule has 0 N–H and O–H groups in total. The number of hydrogen-bond acceptors (Lipinski definition) is 1. The second kappa shape index (κ2) is 5.21. The Bertz CT molecular complexity index is 199. The van der Waals surface area contributed by atoms with Gasteiger partial charge in [0.1, 0.15) is 5.78 Å². The zero-order valence-electron chi connectivity index (χ0n) is 8.81. The molecular weight excluding hydrogens is 160 g/mol. The van der Waals surface area contributed by atoms with Crippen molar-refractivity contribution in [2.45, 2.75) is 52.4 Å². The summed E-state index contributed by atoms with van der Waals surface area (Å²) in [5.41, 5.74) is 1.33. The standard InChI is InChI=1S/C12H20O/c1-10(2)8-9-11-6-4-3-5-7-12(11)13/h8,11H,3-7,9H2,1-2H3. The van der Waals surface area contributed by atoms with Crippen LogP contribution in [0.4, 0.5) is 0 Å². The van der Waals surface area contributed by atoms with E-state index >= 15 is 0 Å². The summed E-state index contributed by atoms with van der Waals surface area (Å²) in [4.78, 5) is 11.6. The fourth-order valence-electron chi connectivity index (χ4n) is 1.86. The number of Topliss-reactive ketones (excluding diaryl/α,β-unsaturated/α-hetero) is 1. The summed E-state index contributed by atoms with van der Waals surface area (Å²) in [6.07, 6.45) is 8.72. The lowest BCUT2D eigenvalue weighted by atomic mass is 9.94. The number of carbonyl (C=O) groups excluding carboxylic acids is 1. The highest BCUT2D eigenvalue weighted by Gasteiger charge is 2.18. The first kappa shape index (κ1) is 10.5. The predicted octanol–water partition coefficient (Wildman–Crippen LogP) is 3.49. The number of hydrogen-bond donors (Lipinski definition) is 0. The first-order valence-corrected chi connectivity index (χ1v) is 5.36. The lowest BCUT2D eigenvalue weighted by Gasteiger charge is -2.09. The molecule has 1 fully saturated rings. The topological polar surface area (TPSA) is 17.1 Å². The second-order valence-electron chi connectivity index (χ2n) is 4.28. The SMILES string of the molecule is CC(C)=CCC1CCCCCC1=O. The van der Waals surface area contributed by atoms with E-state index in [-0.39, 0.29) is 0 Å². The number of ketones is 1. The van der Waals surface area contributed by atoms with Gasteiger partial charge in [-0.3, -0.25) is 4.79 Å². The van der Waals surface area contributed by atoms with E-state index in [9.17, 15) is 4.79 Å². The molecule has 1 heteroatoms. The van der Waals surface area contributed by atoms with Gasteiger partial charge >= 0.3 is 0 Å². The van der Waals surface area contributed by atoms with Gasteiger partial charge in [-0.2, -0.15) is 0 Å². The zero-order valence-corrected chi connectivity index (χ0v) is 8.81. The zero-order chi connectivity index (χ0) is 9.68. The average molecular weight is 180 g/mol. The van der Waals surface area contributed by atoms with Gasteiger partial charge in [0.05, 0.1) is 0 Å². The van der Waals surface area contributed by atoms with Crippen molar-refractivity contribution in [1.29, 1.82) is 0 Å². The largest absolute Gasteiger partial charge is 0.299 e. The van der Waals surface area contributed by atoms with Gasteiger partial charge in [0.15, 0.2) is 0 Å². The third-order valence-corrected chi connectivity index (χ3v) is 2.74. The summed E-state index contributed by atoms with van der Waals surface area (Å²) in [7, 11) is 0. The molecule has 13 heavy (non-hydrogen) atoms. The smallest absolute Gasteiger partial charge is 0.136 e. The van der Waals surface area contributed by atoms with Crippen LogP contribution in [0.5, 0.6) is 0 Å². The van der Waals surface area contributed by atoms with Crippen LogP contribution in [0, 0.1) is 5.92 Å². The predicted molar refractivity (Wildman–Crippen MR) is 55.6 cm³/mol. The van der Waals surface area contributed by atoms with Crippen molar-refractivity contribution in [3.8, 4) is 0 Å². The fraction of sp³-hybridized carbons (Fsp3) is 0.750. The third kappa shape index (κ3) is 3.75. The van der Waals surface area contributed by atoms with Crippen LogP contribution in [-0.2, 0) is 4.79 Å². The highest BCUT2D eigenvalue weighted by atomic mass is 16.1. The van der Waals surface area contributed by atoms with Crippen molar-refractivity contribution >= 4 is 5.78 Å². The van der Waals surface area contributed by atoms with Gasteiger partial charge in [0, 0.05) is 12.3 Å². The molecule has 0 aromatic rings. The Morgan fingerprint density at radius 2 is 2.15 bits per heavy atom. The van der Waals surface area contributed by atoms with Gasteiger partial charge in [0.2, 0.25) is 0 Å². The van der Waals surface area contributed by atoms with Crippen LogP contribution in [-0.4, -0.2) is 5.78 Å². The minimum Gasteiger partial charge on any atom is -0.299 e. The monoisotopic (exact) mass is 180 g/mol. The van der Waals surface area contributed by atoms with Crippen LogP contribution >= 0.6 is 0 Å². The molecule has 0 bridgehead atoms. The summed E-state index contributed by atoms with van der Waals surface area (Å²) >= 11 is 0. The molecule has 1 unspecified atom stereocenters. The molecule has 0 radical (unpaired) electrons. The Morgan fingerprint density at radius 3 is 2.85 bits per heavy atom. The van der Waals surface area contributed by atoms with Crippen molar-refractivity contribution < 1.29 is 4.79 Å². The Morgan fingerprint density at radius 1 is 1.38 bits per heavy atom. The molecule has 0 spiro atoms. The van der Waals surface area contributed by atoms with Gasteiger partial charge in [-0.1, -0.05) is 24.5 Å². The summed E-state index contributed by atoms with van der Waals surface area (Å²) < 4.78 is 0. The summed E-state index contributed by atoms with van der Waals surface area (Å²) in [6, 6.07) is 0. The molecule has 0 aliphatic heterocycles. The van der Waals surface area contributed by atoms with Crippen LogP contribution in [0.15, 0.2) is 11.6 Å². The molecule has 74 valence electrons. The van der Waals surface area contributed by atoms with Crippen LogP contribution in [0.25, 0.3) is 0 Å². The molecule has 0 aromatic heterocycles. The highest BCUT2D eigenvalue weighted by molar-refractivity contribution is 5.81. The van der Waals surface area contributed by atoms with Crippen LogP contribution in [0.3, 0.4) is 0 Å². The van der Waals surface area contributed by atoms with E-state index < -0.39 is 0 Å². The normalized spacial score (nSPS) is 23.8. The molecule has 1 saturated carbocycles. The first-order valence-electron chi connectivity index (χ1n) is 5.36. The van der Waals surface area contributed by atoms with Gasteiger partial charge in [0.25, 0.3) is 0 Å². The van der Waals surface area contributed by atoms with Crippen LogP contribution in [0.1, 0.15) is 52.4 Å². The maximum atomic E-state index is 11.6. The quantitative estimate of drug-likeness (QED) is 0.469. The minimum atomic E-state index is 0.331. The lowest BCUT2D eigenvalue weighted by Crippen LogP contribution is -2.11. The van der Waals surface area contributed by atoms with Gasteiger partial charge in [-0.25, -0.2) is 0 Å². The van der Waals surface area contributed by atoms with E-state index in [0.29, 0.717) is 11.7 Å². The minimum absolute atomic E-state index is 0.331. The molecule has 0 saturated heterocycles. The average Bonchev–Trinajstić information content (AvgIpc) is 2.27. The Labute approximate surface area is 81.2 Å². The fourth-order valence-corrected chi connectivity index (χ4v) is 1.86. The van der Waals surface area contributed by atoms with E-state index in [1.165, 1.54) is 18.4 Å². The Balaban J connectivity index is 2.45. The van der Waals surface area contributed by atoms with E-state index in [1.54, 1.807) is 0 Å². The molecule has 0 aromatic carbocycles. The molecule has 0 amide bonds. The van der Waals surface area contributed by atoms with Crippen molar-refractivity contribution in [2.24, 2.45) is 5.92 Å². The molecular formula is C12H20O. The molecule has 1 nitrogen and oxygen atoms in total. The van der Waals surface area contributed by atoms with E-state index in [1.807, 2.05) is 0 Å². The summed E-state index contributed by atoms with van der Waals surface area (Å²) in [5, 5.41) is 0. The molecule has 1 atom stereocenters. The van der Waals surface area contributed by atoms with Gasteiger partial charge in [-0.05, 0) is 33.1 Å². The van der Waals surface area contributed by atoms with Crippen molar-refractivity contribution in [3.05, 3.63) is 11.6 Å². The van der Waals surface area contributed by atoms with E-state index in [0.717, 1.165) is 25.7 Å². The van der Waals surface area contributed by atoms with Crippen molar-refractivity contribution in [1.82, 2.24) is 0 Å².